The van der Waals surface area contributed by atoms with E-state index >= 15 is 0 Å². The molecule has 54 valence electrons. The number of halogens is 2. The highest BCUT2D eigenvalue weighted by atomic mass is 79.9. The van der Waals surface area contributed by atoms with Crippen LogP contribution in [0.25, 0.3) is 0 Å². The number of rotatable bonds is 2. The highest BCUT2D eigenvalue weighted by molar-refractivity contribution is 9.12. The summed E-state index contributed by atoms with van der Waals surface area (Å²) >= 11 is 6.94. The van der Waals surface area contributed by atoms with Gasteiger partial charge in [-0.05, 0) is 5.56 Å². The van der Waals surface area contributed by atoms with E-state index in [0.29, 0.717) is 4.83 Å². The molecule has 0 aliphatic heterocycles. The van der Waals surface area contributed by atoms with Crippen LogP contribution in [0.2, 0.25) is 0 Å². The highest BCUT2D eigenvalue weighted by Gasteiger charge is 2.02. The summed E-state index contributed by atoms with van der Waals surface area (Å²) in [7, 11) is 0. The van der Waals surface area contributed by atoms with Crippen molar-refractivity contribution in [1.82, 2.24) is 0 Å². The summed E-state index contributed by atoms with van der Waals surface area (Å²) in [5.74, 6) is 0. The lowest BCUT2D eigenvalue weighted by Crippen LogP contribution is -1.88. The van der Waals surface area contributed by atoms with Crippen LogP contribution in [-0.4, -0.2) is 5.33 Å². The van der Waals surface area contributed by atoms with Crippen molar-refractivity contribution in [3.8, 4) is 0 Å². The van der Waals surface area contributed by atoms with Crippen LogP contribution in [-0.2, 0) is 0 Å². The third kappa shape index (κ3) is 2.10. The second-order valence-corrected chi connectivity index (χ2v) is 3.79. The summed E-state index contributed by atoms with van der Waals surface area (Å²) in [6, 6.07) is 10.3. The Morgan fingerprint density at radius 3 is 2.30 bits per heavy atom. The van der Waals surface area contributed by atoms with Gasteiger partial charge >= 0.3 is 0 Å². The fourth-order valence-electron chi connectivity index (χ4n) is 0.751. The average molecular weight is 264 g/mol. The van der Waals surface area contributed by atoms with E-state index in [0.717, 1.165) is 5.33 Å². The Morgan fingerprint density at radius 2 is 1.80 bits per heavy atom. The Morgan fingerprint density at radius 1 is 1.20 bits per heavy atom. The minimum atomic E-state index is 0.439. The van der Waals surface area contributed by atoms with E-state index in [1.165, 1.54) is 5.56 Å². The van der Waals surface area contributed by atoms with E-state index in [9.17, 15) is 0 Å². The number of benzene rings is 1. The van der Waals surface area contributed by atoms with Gasteiger partial charge in [-0.15, -0.1) is 0 Å². The van der Waals surface area contributed by atoms with E-state index in [1.54, 1.807) is 0 Å². The molecule has 0 aromatic heterocycles. The molecule has 0 aliphatic carbocycles. The van der Waals surface area contributed by atoms with E-state index < -0.39 is 0 Å². The molecule has 1 atom stereocenters. The Bertz CT molecular complexity index is 184. The minimum absolute atomic E-state index is 0.439. The van der Waals surface area contributed by atoms with Gasteiger partial charge in [0.05, 0.1) is 0 Å². The van der Waals surface area contributed by atoms with Crippen LogP contribution in [0.5, 0.6) is 0 Å². The molecule has 0 bridgehead atoms. The minimum Gasteiger partial charge on any atom is -0.0912 e. The lowest BCUT2D eigenvalue weighted by atomic mass is 10.2. The van der Waals surface area contributed by atoms with Gasteiger partial charge in [0.25, 0.3) is 0 Å². The maximum Gasteiger partial charge on any atom is 0.0492 e. The van der Waals surface area contributed by atoms with Crippen LogP contribution >= 0.6 is 31.9 Å². The molecule has 0 amide bonds. The Balaban J connectivity index is 2.75. The first-order valence-corrected chi connectivity index (χ1v) is 5.13. The number of hydrogen-bond donors (Lipinski definition) is 0. The SMILES string of the molecule is BrCC(Br)c1ccccc1. The van der Waals surface area contributed by atoms with Gasteiger partial charge in [-0.25, -0.2) is 0 Å². The first kappa shape index (κ1) is 8.28. The van der Waals surface area contributed by atoms with Crippen molar-refractivity contribution in [2.45, 2.75) is 4.83 Å². The molecule has 0 spiro atoms. The van der Waals surface area contributed by atoms with Crippen LogP contribution in [0.3, 0.4) is 0 Å². The highest BCUT2D eigenvalue weighted by Crippen LogP contribution is 2.23. The van der Waals surface area contributed by atoms with Crippen LogP contribution in [0.4, 0.5) is 0 Å². The summed E-state index contributed by atoms with van der Waals surface area (Å²) in [5, 5.41) is 0.955. The predicted molar refractivity (Wildman–Crippen MR) is 51.9 cm³/mol. The second kappa shape index (κ2) is 4.14. The molecule has 0 saturated heterocycles. The van der Waals surface area contributed by atoms with Crippen molar-refractivity contribution in [2.75, 3.05) is 5.33 Å². The van der Waals surface area contributed by atoms with Gasteiger partial charge < -0.3 is 0 Å². The standard InChI is InChI=1S/C8H8Br2/c9-6-8(10)7-4-2-1-3-5-7/h1-5,8H,6H2. The fraction of sp³-hybridized carbons (Fsp3) is 0.250. The van der Waals surface area contributed by atoms with E-state index in [1.807, 2.05) is 18.2 Å². The molecule has 0 fully saturated rings. The van der Waals surface area contributed by atoms with E-state index in [2.05, 4.69) is 44.0 Å². The molecule has 1 aromatic carbocycles. The van der Waals surface area contributed by atoms with Gasteiger partial charge in [0, 0.05) is 10.2 Å². The molecule has 0 heterocycles. The molecular formula is C8H8Br2. The van der Waals surface area contributed by atoms with Gasteiger partial charge in [-0.3, -0.25) is 0 Å². The third-order valence-corrected chi connectivity index (χ3v) is 3.67. The van der Waals surface area contributed by atoms with Gasteiger partial charge in [0.2, 0.25) is 0 Å². The molecule has 1 aromatic rings. The Hall–Kier alpha value is 0.180. The van der Waals surface area contributed by atoms with E-state index in [-0.39, 0.29) is 0 Å². The first-order valence-electron chi connectivity index (χ1n) is 3.09. The molecule has 2 heteroatoms. The lowest BCUT2D eigenvalue weighted by molar-refractivity contribution is 1.15. The van der Waals surface area contributed by atoms with Crippen molar-refractivity contribution in [3.63, 3.8) is 0 Å². The summed E-state index contributed by atoms with van der Waals surface area (Å²) in [6.45, 7) is 0. The average Bonchev–Trinajstić information content (AvgIpc) is 2.05. The summed E-state index contributed by atoms with van der Waals surface area (Å²) in [5.41, 5.74) is 1.32. The Labute approximate surface area is 77.9 Å². The number of alkyl halides is 2. The van der Waals surface area contributed by atoms with Crippen molar-refractivity contribution >= 4 is 31.9 Å². The Kier molecular flexibility index (Phi) is 3.43. The topological polar surface area (TPSA) is 0 Å². The van der Waals surface area contributed by atoms with Gasteiger partial charge in [0.15, 0.2) is 0 Å². The van der Waals surface area contributed by atoms with Crippen LogP contribution in [0.1, 0.15) is 10.4 Å². The zero-order chi connectivity index (χ0) is 7.40. The van der Waals surface area contributed by atoms with Crippen molar-refractivity contribution in [2.24, 2.45) is 0 Å². The summed E-state index contributed by atoms with van der Waals surface area (Å²) in [6.07, 6.45) is 0. The van der Waals surface area contributed by atoms with Crippen LogP contribution < -0.4 is 0 Å². The van der Waals surface area contributed by atoms with Crippen LogP contribution in [0.15, 0.2) is 30.3 Å². The van der Waals surface area contributed by atoms with E-state index in [4.69, 9.17) is 0 Å². The first-order chi connectivity index (χ1) is 4.84. The molecule has 1 rings (SSSR count). The van der Waals surface area contributed by atoms with Gasteiger partial charge in [-0.2, -0.15) is 0 Å². The molecular weight excluding hydrogens is 256 g/mol. The molecule has 0 nitrogen and oxygen atoms in total. The fourth-order valence-corrected chi connectivity index (χ4v) is 1.43. The largest absolute Gasteiger partial charge is 0.0912 e. The van der Waals surface area contributed by atoms with Crippen molar-refractivity contribution in [3.05, 3.63) is 35.9 Å². The van der Waals surface area contributed by atoms with Gasteiger partial charge in [-0.1, -0.05) is 62.2 Å². The summed E-state index contributed by atoms with van der Waals surface area (Å²) in [4.78, 5) is 0.439. The molecule has 1 unspecified atom stereocenters. The zero-order valence-electron chi connectivity index (χ0n) is 5.43. The lowest BCUT2D eigenvalue weighted by Gasteiger charge is -2.03. The molecule has 0 saturated carbocycles. The maximum absolute atomic E-state index is 3.54. The van der Waals surface area contributed by atoms with Gasteiger partial charge in [0.1, 0.15) is 0 Å². The maximum atomic E-state index is 3.54. The second-order valence-electron chi connectivity index (χ2n) is 2.03. The van der Waals surface area contributed by atoms with Crippen molar-refractivity contribution < 1.29 is 0 Å². The summed E-state index contributed by atoms with van der Waals surface area (Å²) < 4.78 is 0. The normalized spacial score (nSPS) is 13.0. The molecule has 0 N–H and O–H groups in total. The van der Waals surface area contributed by atoms with Crippen molar-refractivity contribution in [1.29, 1.82) is 0 Å². The zero-order valence-corrected chi connectivity index (χ0v) is 8.60. The quantitative estimate of drug-likeness (QED) is 0.717. The van der Waals surface area contributed by atoms with Crippen LogP contribution in [0, 0.1) is 0 Å². The predicted octanol–water partition coefficient (Wildman–Crippen LogP) is 3.52. The molecule has 10 heavy (non-hydrogen) atoms. The molecule has 0 radical (unpaired) electrons. The third-order valence-electron chi connectivity index (χ3n) is 1.30. The number of hydrogen-bond acceptors (Lipinski definition) is 0. The monoisotopic (exact) mass is 262 g/mol. The smallest absolute Gasteiger partial charge is 0.0492 e. The molecule has 0 aliphatic rings.